The van der Waals surface area contributed by atoms with Gasteiger partial charge in [-0.3, -0.25) is 9.13 Å². The van der Waals surface area contributed by atoms with Crippen molar-refractivity contribution in [2.45, 2.75) is 59.0 Å². The first-order valence-corrected chi connectivity index (χ1v) is 13.0. The number of nitrogens with one attached hydrogen (secondary N) is 1. The quantitative estimate of drug-likeness (QED) is 0.468. The Balaban J connectivity index is 2.03. The van der Waals surface area contributed by atoms with Gasteiger partial charge < -0.3 is 20.5 Å². The van der Waals surface area contributed by atoms with Gasteiger partial charge in [0.2, 0.25) is 0 Å². The number of rotatable bonds is 8. The number of hydrogen-bond donors (Lipinski definition) is 2. The molecule has 2 heterocycles. The average Bonchev–Trinajstić information content (AvgIpc) is 2.88. The summed E-state index contributed by atoms with van der Waals surface area (Å²) >= 11 is 0. The fourth-order valence-corrected chi connectivity index (χ4v) is 5.01. The molecule has 202 valence electrons. The maximum absolute atomic E-state index is 13.9. The zero-order valence-electron chi connectivity index (χ0n) is 23.0. The molecule has 2 aromatic carbocycles. The van der Waals surface area contributed by atoms with Crippen molar-refractivity contribution in [1.29, 1.82) is 0 Å². The Morgan fingerprint density at radius 1 is 1.05 bits per heavy atom. The van der Waals surface area contributed by atoms with Crippen molar-refractivity contribution in [1.82, 2.24) is 14.5 Å². The number of hydrogen-bond acceptors (Lipinski definition) is 5. The first-order chi connectivity index (χ1) is 18.2. The molecule has 4 rings (SSSR count). The van der Waals surface area contributed by atoms with Gasteiger partial charge in [0.05, 0.1) is 25.6 Å². The number of carbonyl (C=O) groups excluding carboxylic acids is 1. The number of benzene rings is 2. The van der Waals surface area contributed by atoms with E-state index in [9.17, 15) is 9.59 Å². The lowest BCUT2D eigenvalue weighted by atomic mass is 9.93. The van der Waals surface area contributed by atoms with Gasteiger partial charge in [0, 0.05) is 31.3 Å². The highest BCUT2D eigenvalue weighted by Crippen LogP contribution is 2.38. The monoisotopic (exact) mass is 519 g/mol. The minimum Gasteiger partial charge on any atom is -0.493 e. The Bertz CT molecular complexity index is 1460. The number of primary amides is 1. The van der Waals surface area contributed by atoms with Crippen molar-refractivity contribution in [2.24, 2.45) is 10.7 Å². The van der Waals surface area contributed by atoms with Crippen LogP contribution in [0.5, 0.6) is 11.5 Å². The molecule has 38 heavy (non-hydrogen) atoms. The zero-order chi connectivity index (χ0) is 27.6. The number of ether oxygens (including phenoxy) is 2. The van der Waals surface area contributed by atoms with Crippen LogP contribution in [-0.2, 0) is 19.5 Å². The molecule has 0 radical (unpaired) electrons. The number of methoxy groups -OCH3 is 2. The van der Waals surface area contributed by atoms with E-state index in [1.807, 2.05) is 18.2 Å². The van der Waals surface area contributed by atoms with Crippen molar-refractivity contribution >= 4 is 11.7 Å². The number of para-hydroxylation sites is 1. The Kier molecular flexibility index (Phi) is 7.94. The van der Waals surface area contributed by atoms with E-state index in [1.54, 1.807) is 23.4 Å². The second-order valence-electron chi connectivity index (χ2n) is 10.1. The van der Waals surface area contributed by atoms with E-state index in [0.717, 1.165) is 33.6 Å². The zero-order valence-corrected chi connectivity index (χ0v) is 23.0. The molecule has 0 unspecified atom stereocenters. The SMILES string of the molecule is COc1cc2c(cc1OC)-c1c/c(=N\c3c(C(C)C)cccc3C(C)C)n(CCNC(N)=O)c(=O)n1CC2. The van der Waals surface area contributed by atoms with Crippen molar-refractivity contribution in [2.75, 3.05) is 20.8 Å². The molecule has 3 N–H and O–H groups in total. The number of carbonyl (C=O) groups is 1. The van der Waals surface area contributed by atoms with Gasteiger partial charge in [0.25, 0.3) is 0 Å². The highest BCUT2D eigenvalue weighted by molar-refractivity contribution is 5.71. The van der Waals surface area contributed by atoms with Crippen molar-refractivity contribution in [3.8, 4) is 22.8 Å². The van der Waals surface area contributed by atoms with Crippen LogP contribution in [-0.4, -0.2) is 35.9 Å². The van der Waals surface area contributed by atoms with Crippen LogP contribution < -0.4 is 31.7 Å². The van der Waals surface area contributed by atoms with Crippen LogP contribution in [0.3, 0.4) is 0 Å². The van der Waals surface area contributed by atoms with Crippen molar-refractivity contribution in [3.05, 3.63) is 69.1 Å². The summed E-state index contributed by atoms with van der Waals surface area (Å²) in [5.41, 5.74) is 11.5. The Labute approximate surface area is 222 Å². The van der Waals surface area contributed by atoms with Crippen LogP contribution in [0.1, 0.15) is 56.2 Å². The first-order valence-electron chi connectivity index (χ1n) is 13.0. The molecule has 0 saturated heterocycles. The van der Waals surface area contributed by atoms with Crippen LogP contribution in [0, 0.1) is 0 Å². The molecule has 0 aliphatic carbocycles. The van der Waals surface area contributed by atoms with E-state index in [1.165, 1.54) is 0 Å². The molecule has 9 nitrogen and oxygen atoms in total. The molecule has 1 aliphatic rings. The summed E-state index contributed by atoms with van der Waals surface area (Å²) in [7, 11) is 3.21. The molecule has 1 aliphatic heterocycles. The van der Waals surface area contributed by atoms with Crippen molar-refractivity contribution < 1.29 is 14.3 Å². The largest absolute Gasteiger partial charge is 0.493 e. The lowest BCUT2D eigenvalue weighted by Crippen LogP contribution is -2.44. The number of amides is 2. The molecule has 1 aromatic heterocycles. The van der Waals surface area contributed by atoms with Crippen LogP contribution in [0.2, 0.25) is 0 Å². The smallest absolute Gasteiger partial charge is 0.330 e. The Hall–Kier alpha value is -4.01. The summed E-state index contributed by atoms with van der Waals surface area (Å²) in [5, 5.41) is 2.59. The number of urea groups is 1. The highest BCUT2D eigenvalue weighted by atomic mass is 16.5. The van der Waals surface area contributed by atoms with Gasteiger partial charge in [-0.05, 0) is 47.1 Å². The lowest BCUT2D eigenvalue weighted by Gasteiger charge is -2.25. The van der Waals surface area contributed by atoms with Gasteiger partial charge in [-0.25, -0.2) is 14.6 Å². The summed E-state index contributed by atoms with van der Waals surface area (Å²) in [6.45, 7) is 9.52. The van der Waals surface area contributed by atoms with Gasteiger partial charge in [-0.2, -0.15) is 0 Å². The standard InChI is InChI=1S/C29H37N5O4/c1-17(2)20-8-7-9-21(18(3)4)27(20)32-26-16-23-22-15-25(38-6)24(37-5)14-19(22)10-12-33(23)29(36)34(26)13-11-31-28(30)35/h7-9,14-18H,10-13H2,1-6H3,(H3,30,31,35)/b32-26+. The van der Waals surface area contributed by atoms with E-state index >= 15 is 0 Å². The summed E-state index contributed by atoms with van der Waals surface area (Å²) < 4.78 is 14.5. The van der Waals surface area contributed by atoms with E-state index in [0.29, 0.717) is 30.0 Å². The average molecular weight is 520 g/mol. The van der Waals surface area contributed by atoms with E-state index in [-0.39, 0.29) is 30.6 Å². The molecule has 0 spiro atoms. The van der Waals surface area contributed by atoms with E-state index in [2.05, 4.69) is 51.2 Å². The number of fused-ring (bicyclic) bond motifs is 3. The Morgan fingerprint density at radius 3 is 2.26 bits per heavy atom. The molecule has 9 heteroatoms. The maximum Gasteiger partial charge on any atom is 0.330 e. The normalized spacial score (nSPS) is 12.9. The fourth-order valence-electron chi connectivity index (χ4n) is 5.01. The number of aryl methyl sites for hydroxylation is 1. The van der Waals surface area contributed by atoms with E-state index in [4.69, 9.17) is 20.2 Å². The topological polar surface area (TPSA) is 113 Å². The van der Waals surface area contributed by atoms with E-state index < -0.39 is 6.03 Å². The molecule has 3 aromatic rings. The Morgan fingerprint density at radius 2 is 1.68 bits per heavy atom. The lowest BCUT2D eigenvalue weighted by molar-refractivity contribution is 0.248. The summed E-state index contributed by atoms with van der Waals surface area (Å²) in [5.74, 6) is 1.74. The fraction of sp³-hybridized carbons (Fsp3) is 0.414. The molecule has 0 bridgehead atoms. The van der Waals surface area contributed by atoms with Gasteiger partial charge >= 0.3 is 11.7 Å². The van der Waals surface area contributed by atoms with Crippen LogP contribution in [0.15, 0.2) is 46.2 Å². The molecular formula is C29H37N5O4. The second-order valence-corrected chi connectivity index (χ2v) is 10.1. The minimum atomic E-state index is -0.635. The molecule has 2 amide bonds. The molecule has 0 atom stereocenters. The predicted octanol–water partition coefficient (Wildman–Crippen LogP) is 4.04. The summed E-state index contributed by atoms with van der Waals surface area (Å²) in [4.78, 5) is 30.4. The molecule has 0 fully saturated rings. The molecular weight excluding hydrogens is 482 g/mol. The van der Waals surface area contributed by atoms with Crippen LogP contribution in [0.25, 0.3) is 11.3 Å². The van der Waals surface area contributed by atoms with Gasteiger partial charge in [-0.1, -0.05) is 45.9 Å². The third kappa shape index (κ3) is 5.18. The van der Waals surface area contributed by atoms with Gasteiger partial charge in [0.1, 0.15) is 5.49 Å². The number of nitrogens with two attached hydrogens (primary N) is 1. The van der Waals surface area contributed by atoms with Crippen LogP contribution >= 0.6 is 0 Å². The van der Waals surface area contributed by atoms with Crippen molar-refractivity contribution in [3.63, 3.8) is 0 Å². The highest BCUT2D eigenvalue weighted by Gasteiger charge is 2.23. The number of nitrogens with zero attached hydrogens (tertiary/aromatic N) is 3. The second kappa shape index (κ2) is 11.2. The number of aromatic nitrogens is 2. The van der Waals surface area contributed by atoms with Gasteiger partial charge in [-0.15, -0.1) is 0 Å². The third-order valence-corrected chi connectivity index (χ3v) is 6.99. The van der Waals surface area contributed by atoms with Crippen LogP contribution in [0.4, 0.5) is 10.5 Å². The first kappa shape index (κ1) is 27.0. The maximum atomic E-state index is 13.9. The van der Waals surface area contributed by atoms with Gasteiger partial charge in [0.15, 0.2) is 11.5 Å². The summed E-state index contributed by atoms with van der Waals surface area (Å²) in [6.07, 6.45) is 0.673. The predicted molar refractivity (Wildman–Crippen MR) is 148 cm³/mol. The molecule has 0 saturated carbocycles. The third-order valence-electron chi connectivity index (χ3n) is 6.99. The summed E-state index contributed by atoms with van der Waals surface area (Å²) in [6, 6.07) is 11.5. The minimum absolute atomic E-state index is 0.193.